The Morgan fingerprint density at radius 1 is 1.17 bits per heavy atom. The van der Waals surface area contributed by atoms with E-state index in [1.165, 1.54) is 18.6 Å². The normalized spacial score (nSPS) is 12.8. The van der Waals surface area contributed by atoms with Crippen LogP contribution in [0.15, 0.2) is 41.3 Å². The van der Waals surface area contributed by atoms with E-state index in [2.05, 4.69) is 10.1 Å². The molecule has 2 heterocycles. The third kappa shape index (κ3) is 4.76. The maximum Gasteiger partial charge on any atom is 0.325 e. The molecule has 2 aromatic rings. The molecular formula is C22H25N3O5. The van der Waals surface area contributed by atoms with Crippen LogP contribution in [-0.2, 0) is 40.3 Å². The number of aromatic nitrogens is 1. The quantitative estimate of drug-likeness (QED) is 0.713. The number of aryl methyl sites for hydroxylation is 2. The standard InChI is InChI=1S/C22H25N3O5/c1-15(26)24-11-9-18-17(13-24)14-25(10-8-16-6-4-3-5-7-16)22(29)20(18)21(28)23-12-19(27)30-2/h3-7,14H,8-13H2,1-2H3,(H,23,28). The number of amides is 2. The van der Waals surface area contributed by atoms with Gasteiger partial charge in [0.25, 0.3) is 11.5 Å². The molecule has 1 aromatic carbocycles. The summed E-state index contributed by atoms with van der Waals surface area (Å²) < 4.78 is 6.07. The van der Waals surface area contributed by atoms with Gasteiger partial charge in [-0.1, -0.05) is 30.3 Å². The molecule has 0 saturated carbocycles. The molecule has 1 aliphatic heterocycles. The molecule has 0 fully saturated rings. The molecule has 2 amide bonds. The fourth-order valence-electron chi connectivity index (χ4n) is 3.59. The van der Waals surface area contributed by atoms with Gasteiger partial charge in [0.2, 0.25) is 5.91 Å². The monoisotopic (exact) mass is 411 g/mol. The Labute approximate surface area is 174 Å². The second-order valence-electron chi connectivity index (χ2n) is 7.19. The van der Waals surface area contributed by atoms with Gasteiger partial charge in [-0.15, -0.1) is 0 Å². The highest BCUT2D eigenvalue weighted by Gasteiger charge is 2.27. The second-order valence-corrected chi connectivity index (χ2v) is 7.19. The van der Waals surface area contributed by atoms with E-state index < -0.39 is 17.4 Å². The van der Waals surface area contributed by atoms with E-state index in [4.69, 9.17) is 0 Å². The summed E-state index contributed by atoms with van der Waals surface area (Å²) in [5.41, 5.74) is 2.11. The van der Waals surface area contributed by atoms with Crippen molar-refractivity contribution < 1.29 is 19.1 Å². The number of rotatable bonds is 6. The molecule has 0 aliphatic carbocycles. The predicted molar refractivity (Wildman–Crippen MR) is 110 cm³/mol. The number of hydrogen-bond acceptors (Lipinski definition) is 5. The van der Waals surface area contributed by atoms with Crippen molar-refractivity contribution in [2.45, 2.75) is 32.9 Å². The van der Waals surface area contributed by atoms with Crippen molar-refractivity contribution in [1.82, 2.24) is 14.8 Å². The van der Waals surface area contributed by atoms with Crippen LogP contribution in [0.2, 0.25) is 0 Å². The van der Waals surface area contributed by atoms with Crippen molar-refractivity contribution in [1.29, 1.82) is 0 Å². The molecular weight excluding hydrogens is 386 g/mol. The topological polar surface area (TPSA) is 97.7 Å². The minimum atomic E-state index is -0.605. The summed E-state index contributed by atoms with van der Waals surface area (Å²) in [4.78, 5) is 50.8. The van der Waals surface area contributed by atoms with E-state index in [0.717, 1.165) is 11.1 Å². The number of esters is 1. The van der Waals surface area contributed by atoms with Gasteiger partial charge in [0.15, 0.2) is 0 Å². The highest BCUT2D eigenvalue weighted by Crippen LogP contribution is 2.21. The Hall–Kier alpha value is -3.42. The fraction of sp³-hybridized carbons (Fsp3) is 0.364. The summed E-state index contributed by atoms with van der Waals surface area (Å²) in [5, 5.41) is 2.47. The summed E-state index contributed by atoms with van der Waals surface area (Å²) in [6, 6.07) is 9.74. The molecule has 0 spiro atoms. The van der Waals surface area contributed by atoms with Crippen LogP contribution in [0.1, 0.15) is 34.0 Å². The van der Waals surface area contributed by atoms with Crippen molar-refractivity contribution in [2.75, 3.05) is 20.2 Å². The number of carbonyl (C=O) groups excluding carboxylic acids is 3. The van der Waals surface area contributed by atoms with Crippen LogP contribution in [0.25, 0.3) is 0 Å². The Balaban J connectivity index is 1.95. The van der Waals surface area contributed by atoms with Crippen LogP contribution in [0, 0.1) is 0 Å². The predicted octanol–water partition coefficient (Wildman–Crippen LogP) is 0.898. The van der Waals surface area contributed by atoms with Gasteiger partial charge in [0.1, 0.15) is 12.1 Å². The van der Waals surface area contributed by atoms with Crippen molar-refractivity contribution in [3.05, 3.63) is 69.1 Å². The maximum absolute atomic E-state index is 13.1. The molecule has 0 radical (unpaired) electrons. The van der Waals surface area contributed by atoms with E-state index >= 15 is 0 Å². The second kappa shape index (κ2) is 9.39. The van der Waals surface area contributed by atoms with E-state index in [1.54, 1.807) is 11.1 Å². The Morgan fingerprint density at radius 2 is 1.90 bits per heavy atom. The molecule has 8 nitrogen and oxygen atoms in total. The van der Waals surface area contributed by atoms with Crippen LogP contribution in [0.4, 0.5) is 0 Å². The largest absolute Gasteiger partial charge is 0.468 e. The molecule has 1 aliphatic rings. The van der Waals surface area contributed by atoms with Crippen molar-refractivity contribution in [3.8, 4) is 0 Å². The lowest BCUT2D eigenvalue weighted by atomic mass is 9.96. The third-order valence-corrected chi connectivity index (χ3v) is 5.25. The first kappa shape index (κ1) is 21.3. The lowest BCUT2D eigenvalue weighted by molar-refractivity contribution is -0.139. The Morgan fingerprint density at radius 3 is 2.57 bits per heavy atom. The minimum absolute atomic E-state index is 0.0349. The summed E-state index contributed by atoms with van der Waals surface area (Å²) in [6.45, 7) is 2.36. The van der Waals surface area contributed by atoms with Gasteiger partial charge in [0, 0.05) is 32.8 Å². The van der Waals surface area contributed by atoms with Crippen LogP contribution in [-0.4, -0.2) is 47.4 Å². The van der Waals surface area contributed by atoms with Crippen LogP contribution in [0.5, 0.6) is 0 Å². The zero-order valence-electron chi connectivity index (χ0n) is 17.1. The Bertz CT molecular complexity index is 1010. The van der Waals surface area contributed by atoms with Gasteiger partial charge in [0.05, 0.1) is 7.11 Å². The van der Waals surface area contributed by atoms with Crippen LogP contribution in [0.3, 0.4) is 0 Å². The average molecular weight is 411 g/mol. The molecule has 0 bridgehead atoms. The number of pyridine rings is 1. The molecule has 158 valence electrons. The third-order valence-electron chi connectivity index (χ3n) is 5.25. The number of fused-ring (bicyclic) bond motifs is 1. The van der Waals surface area contributed by atoms with Crippen LogP contribution < -0.4 is 10.9 Å². The molecule has 3 rings (SSSR count). The summed E-state index contributed by atoms with van der Waals surface area (Å²) in [7, 11) is 1.23. The lowest BCUT2D eigenvalue weighted by Crippen LogP contribution is -2.41. The number of methoxy groups -OCH3 is 1. The van der Waals surface area contributed by atoms with E-state index in [-0.39, 0.29) is 18.0 Å². The number of benzene rings is 1. The lowest BCUT2D eigenvalue weighted by Gasteiger charge is -2.29. The summed E-state index contributed by atoms with van der Waals surface area (Å²) in [6.07, 6.45) is 2.77. The number of nitrogens with zero attached hydrogens (tertiary/aromatic N) is 2. The van der Waals surface area contributed by atoms with Gasteiger partial charge in [-0.3, -0.25) is 19.2 Å². The molecule has 1 aromatic heterocycles. The van der Waals surface area contributed by atoms with Crippen molar-refractivity contribution >= 4 is 17.8 Å². The molecule has 30 heavy (non-hydrogen) atoms. The van der Waals surface area contributed by atoms with Gasteiger partial charge >= 0.3 is 5.97 Å². The Kier molecular flexibility index (Phi) is 6.66. The molecule has 1 N–H and O–H groups in total. The SMILES string of the molecule is COC(=O)CNC(=O)c1c2c(cn(CCc3ccccc3)c1=O)CN(C(C)=O)CC2. The number of ether oxygens (including phenoxy) is 1. The zero-order chi connectivity index (χ0) is 21.7. The molecule has 0 atom stereocenters. The molecule has 8 heteroatoms. The fourth-order valence-corrected chi connectivity index (χ4v) is 3.59. The van der Waals surface area contributed by atoms with Gasteiger partial charge < -0.3 is 19.5 Å². The maximum atomic E-state index is 13.1. The molecule has 0 unspecified atom stereocenters. The summed E-state index contributed by atoms with van der Waals surface area (Å²) in [5.74, 6) is -1.26. The van der Waals surface area contributed by atoms with E-state index in [9.17, 15) is 19.2 Å². The number of carbonyl (C=O) groups is 3. The van der Waals surface area contributed by atoms with Gasteiger partial charge in [-0.2, -0.15) is 0 Å². The van der Waals surface area contributed by atoms with E-state index in [0.29, 0.717) is 38.0 Å². The van der Waals surface area contributed by atoms with Crippen molar-refractivity contribution in [2.24, 2.45) is 0 Å². The van der Waals surface area contributed by atoms with Gasteiger partial charge in [-0.25, -0.2) is 0 Å². The minimum Gasteiger partial charge on any atom is -0.468 e. The molecule has 0 saturated heterocycles. The summed E-state index contributed by atoms with van der Waals surface area (Å²) >= 11 is 0. The highest BCUT2D eigenvalue weighted by atomic mass is 16.5. The first-order chi connectivity index (χ1) is 14.4. The van der Waals surface area contributed by atoms with Crippen LogP contribution >= 0.6 is 0 Å². The van der Waals surface area contributed by atoms with E-state index in [1.807, 2.05) is 30.3 Å². The first-order valence-corrected chi connectivity index (χ1v) is 9.80. The van der Waals surface area contributed by atoms with Gasteiger partial charge in [-0.05, 0) is 29.5 Å². The average Bonchev–Trinajstić information content (AvgIpc) is 2.76. The number of nitrogens with one attached hydrogen (secondary N) is 1. The highest BCUT2D eigenvalue weighted by molar-refractivity contribution is 5.97. The number of hydrogen-bond donors (Lipinski definition) is 1. The smallest absolute Gasteiger partial charge is 0.325 e. The zero-order valence-corrected chi connectivity index (χ0v) is 17.1. The first-order valence-electron chi connectivity index (χ1n) is 9.80. The van der Waals surface area contributed by atoms with Crippen molar-refractivity contribution in [3.63, 3.8) is 0 Å².